The highest BCUT2D eigenvalue weighted by Crippen LogP contribution is 2.32. The number of amides is 2. The molecule has 4 aromatic rings. The maximum Gasteiger partial charge on any atom is 0.323 e. The monoisotopic (exact) mass is 414 g/mol. The number of halogens is 1. The van der Waals surface area contributed by atoms with Crippen LogP contribution in [0.4, 0.5) is 20.6 Å². The Labute approximate surface area is 176 Å². The molecular weight excluding hydrogens is 399 g/mol. The number of fused-ring (bicyclic) bond motifs is 1. The largest absolute Gasteiger partial charge is 0.508 e. The van der Waals surface area contributed by atoms with Crippen LogP contribution in [0.2, 0.25) is 0 Å². The highest BCUT2D eigenvalue weighted by Gasteiger charge is 2.10. The van der Waals surface area contributed by atoms with Gasteiger partial charge in [0.2, 0.25) is 0 Å². The number of pyridine rings is 1. The van der Waals surface area contributed by atoms with Crippen molar-refractivity contribution in [2.75, 3.05) is 10.6 Å². The number of nitriles is 1. The number of phenolic OH excluding ortho intramolecular Hbond substituents is 1. The lowest BCUT2D eigenvalue weighted by atomic mass is 10.1. The molecule has 0 aliphatic rings. The van der Waals surface area contributed by atoms with Crippen molar-refractivity contribution in [2.24, 2.45) is 0 Å². The fourth-order valence-corrected chi connectivity index (χ4v) is 2.89. The quantitative estimate of drug-likeness (QED) is 0.415. The van der Waals surface area contributed by atoms with Gasteiger partial charge in [-0.1, -0.05) is 0 Å². The molecule has 2 amide bonds. The van der Waals surface area contributed by atoms with Gasteiger partial charge in [-0.3, -0.25) is 0 Å². The molecule has 0 saturated carbocycles. The topological polar surface area (TPSA) is 107 Å². The molecule has 31 heavy (non-hydrogen) atoms. The van der Waals surface area contributed by atoms with Gasteiger partial charge in [-0.2, -0.15) is 5.26 Å². The average molecular weight is 414 g/mol. The zero-order valence-electron chi connectivity index (χ0n) is 16.0. The Morgan fingerprint density at radius 1 is 0.968 bits per heavy atom. The van der Waals surface area contributed by atoms with Crippen LogP contribution in [0.3, 0.4) is 0 Å². The molecule has 7 nitrogen and oxygen atoms in total. The number of urea groups is 1. The van der Waals surface area contributed by atoms with Crippen LogP contribution in [0, 0.1) is 17.1 Å². The number of hydrogen-bond acceptors (Lipinski definition) is 5. The van der Waals surface area contributed by atoms with Crippen molar-refractivity contribution in [3.8, 4) is 23.3 Å². The zero-order chi connectivity index (χ0) is 21.8. The van der Waals surface area contributed by atoms with Gasteiger partial charge in [0.1, 0.15) is 34.8 Å². The van der Waals surface area contributed by atoms with Gasteiger partial charge in [0.25, 0.3) is 0 Å². The Bertz CT molecular complexity index is 1300. The molecular formula is C23H15FN4O3. The first kappa shape index (κ1) is 19.7. The third-order valence-corrected chi connectivity index (χ3v) is 4.31. The molecule has 0 radical (unpaired) electrons. The predicted octanol–water partition coefficient (Wildman–Crippen LogP) is 5.39. The minimum atomic E-state index is -0.473. The molecule has 4 rings (SSSR count). The summed E-state index contributed by atoms with van der Waals surface area (Å²) >= 11 is 0. The van der Waals surface area contributed by atoms with Crippen LogP contribution in [0.25, 0.3) is 10.9 Å². The molecule has 1 aromatic heterocycles. The molecule has 0 aliphatic carbocycles. The second kappa shape index (κ2) is 8.39. The molecule has 0 aliphatic heterocycles. The number of carbonyl (C=O) groups is 1. The van der Waals surface area contributed by atoms with Crippen LogP contribution < -0.4 is 15.4 Å². The summed E-state index contributed by atoms with van der Waals surface area (Å²) in [7, 11) is 0. The van der Waals surface area contributed by atoms with Crippen LogP contribution in [0.5, 0.6) is 17.2 Å². The van der Waals surface area contributed by atoms with E-state index in [9.17, 15) is 19.6 Å². The smallest absolute Gasteiger partial charge is 0.323 e. The first-order chi connectivity index (χ1) is 15.0. The summed E-state index contributed by atoms with van der Waals surface area (Å²) < 4.78 is 18.8. The van der Waals surface area contributed by atoms with Crippen LogP contribution in [-0.4, -0.2) is 16.1 Å². The standard InChI is InChI=1S/C23H15FN4O3/c24-14-1-3-15(4-2-14)27-23(30)28-16-5-8-19(9-6-16)31-22-11-17(13-25)26-21-12-18(29)7-10-20(21)22/h1-12,29H,(H2,27,28,30). The number of rotatable bonds is 4. The second-order valence-corrected chi connectivity index (χ2v) is 6.53. The molecule has 1 heterocycles. The second-order valence-electron chi connectivity index (χ2n) is 6.53. The van der Waals surface area contributed by atoms with Gasteiger partial charge in [0, 0.05) is 28.9 Å². The maximum absolute atomic E-state index is 12.9. The molecule has 0 saturated heterocycles. The van der Waals surface area contributed by atoms with E-state index in [2.05, 4.69) is 15.6 Å². The Hall–Kier alpha value is -4.64. The van der Waals surface area contributed by atoms with Gasteiger partial charge < -0.3 is 20.5 Å². The fraction of sp³-hybridized carbons (Fsp3) is 0. The van der Waals surface area contributed by atoms with E-state index in [1.54, 1.807) is 30.3 Å². The summed E-state index contributed by atoms with van der Waals surface area (Å²) in [5.74, 6) is 0.544. The van der Waals surface area contributed by atoms with Crippen LogP contribution >= 0.6 is 0 Å². The number of hydrogen-bond donors (Lipinski definition) is 3. The minimum Gasteiger partial charge on any atom is -0.508 e. The number of anilines is 2. The Kier molecular flexibility index (Phi) is 5.32. The molecule has 0 atom stereocenters. The van der Waals surface area contributed by atoms with E-state index in [0.717, 1.165) is 0 Å². The van der Waals surface area contributed by atoms with Gasteiger partial charge in [-0.25, -0.2) is 14.2 Å². The van der Waals surface area contributed by atoms with Gasteiger partial charge in [-0.15, -0.1) is 0 Å². The van der Waals surface area contributed by atoms with Gasteiger partial charge in [0.15, 0.2) is 0 Å². The Morgan fingerprint density at radius 3 is 2.26 bits per heavy atom. The number of phenols is 1. The van der Waals surface area contributed by atoms with Crippen molar-refractivity contribution in [1.29, 1.82) is 5.26 Å². The van der Waals surface area contributed by atoms with Crippen molar-refractivity contribution in [3.63, 3.8) is 0 Å². The third-order valence-electron chi connectivity index (χ3n) is 4.31. The van der Waals surface area contributed by atoms with Crippen molar-refractivity contribution in [2.45, 2.75) is 0 Å². The molecule has 3 N–H and O–H groups in total. The number of carbonyl (C=O) groups excluding carboxylic acids is 1. The summed E-state index contributed by atoms with van der Waals surface area (Å²) in [5, 5.41) is 24.8. The van der Waals surface area contributed by atoms with E-state index < -0.39 is 6.03 Å². The highest BCUT2D eigenvalue weighted by atomic mass is 19.1. The van der Waals surface area contributed by atoms with E-state index in [1.165, 1.54) is 42.5 Å². The molecule has 0 spiro atoms. The highest BCUT2D eigenvalue weighted by molar-refractivity contribution is 5.99. The SMILES string of the molecule is N#Cc1cc(Oc2ccc(NC(=O)Nc3ccc(F)cc3)cc2)c2ccc(O)cc2n1. The Morgan fingerprint density at radius 2 is 1.61 bits per heavy atom. The average Bonchev–Trinajstić information content (AvgIpc) is 2.76. The number of aromatic nitrogens is 1. The molecule has 0 unspecified atom stereocenters. The van der Waals surface area contributed by atoms with E-state index in [4.69, 9.17) is 4.74 Å². The van der Waals surface area contributed by atoms with Gasteiger partial charge in [0.05, 0.1) is 5.52 Å². The molecule has 152 valence electrons. The van der Waals surface area contributed by atoms with Crippen LogP contribution in [0.1, 0.15) is 5.69 Å². The van der Waals surface area contributed by atoms with Crippen molar-refractivity contribution in [1.82, 2.24) is 4.98 Å². The number of aromatic hydroxyl groups is 1. The lowest BCUT2D eigenvalue weighted by Gasteiger charge is -2.11. The number of benzene rings is 3. The summed E-state index contributed by atoms with van der Waals surface area (Å²) in [4.78, 5) is 16.2. The molecule has 0 bridgehead atoms. The summed E-state index contributed by atoms with van der Waals surface area (Å²) in [6, 6.07) is 19.7. The number of nitrogens with one attached hydrogen (secondary N) is 2. The summed E-state index contributed by atoms with van der Waals surface area (Å²) in [6.45, 7) is 0. The fourth-order valence-electron chi connectivity index (χ4n) is 2.89. The van der Waals surface area contributed by atoms with Gasteiger partial charge in [-0.05, 0) is 60.7 Å². The van der Waals surface area contributed by atoms with E-state index in [-0.39, 0.29) is 17.3 Å². The number of ether oxygens (including phenoxy) is 1. The first-order valence-electron chi connectivity index (χ1n) is 9.15. The number of nitrogens with zero attached hydrogens (tertiary/aromatic N) is 2. The molecule has 3 aromatic carbocycles. The lowest BCUT2D eigenvalue weighted by Crippen LogP contribution is -2.19. The van der Waals surface area contributed by atoms with E-state index >= 15 is 0 Å². The maximum atomic E-state index is 12.9. The first-order valence-corrected chi connectivity index (χ1v) is 9.15. The van der Waals surface area contributed by atoms with E-state index in [0.29, 0.717) is 33.8 Å². The molecule has 8 heteroatoms. The van der Waals surface area contributed by atoms with Gasteiger partial charge >= 0.3 is 6.03 Å². The predicted molar refractivity (Wildman–Crippen MR) is 114 cm³/mol. The minimum absolute atomic E-state index is 0.0374. The third kappa shape index (κ3) is 4.68. The van der Waals surface area contributed by atoms with Crippen LogP contribution in [-0.2, 0) is 0 Å². The lowest BCUT2D eigenvalue weighted by molar-refractivity contribution is 0.262. The Balaban J connectivity index is 1.48. The molecule has 0 fully saturated rings. The van der Waals surface area contributed by atoms with Crippen molar-refractivity contribution in [3.05, 3.63) is 84.3 Å². The normalized spacial score (nSPS) is 10.3. The zero-order valence-corrected chi connectivity index (χ0v) is 16.0. The van der Waals surface area contributed by atoms with E-state index in [1.807, 2.05) is 6.07 Å². The van der Waals surface area contributed by atoms with Crippen molar-refractivity contribution >= 4 is 28.3 Å². The summed E-state index contributed by atoms with van der Waals surface area (Å²) in [5.41, 5.74) is 1.57. The van der Waals surface area contributed by atoms with Crippen molar-refractivity contribution < 1.29 is 19.0 Å². The van der Waals surface area contributed by atoms with Crippen LogP contribution in [0.15, 0.2) is 72.8 Å². The summed E-state index contributed by atoms with van der Waals surface area (Å²) in [6.07, 6.45) is 0.